The van der Waals surface area contributed by atoms with Gasteiger partial charge in [0.15, 0.2) is 5.65 Å². The van der Waals surface area contributed by atoms with E-state index in [1.807, 2.05) is 0 Å². The van der Waals surface area contributed by atoms with Crippen molar-refractivity contribution in [2.45, 2.75) is 39.0 Å². The number of unbranched alkanes of at least 4 members (excludes halogenated alkanes) is 3. The molecule has 0 aliphatic heterocycles. The van der Waals surface area contributed by atoms with Crippen LogP contribution in [0.25, 0.3) is 5.65 Å². The standard InChI is InChI=1S/C15H20N4O4/c1-2-3-4-5-6-10-7-11(20)13(14-17-9-18-19(10)14)15(23)16-8-12(21)22/h7,9,20H,2-6,8H2,1H3,(H,16,23)(H,21,22). The molecule has 2 aromatic rings. The third-order valence-electron chi connectivity index (χ3n) is 3.52. The largest absolute Gasteiger partial charge is 0.507 e. The van der Waals surface area contributed by atoms with Gasteiger partial charge in [-0.1, -0.05) is 26.2 Å². The molecule has 0 bridgehead atoms. The van der Waals surface area contributed by atoms with Gasteiger partial charge in [-0.05, 0) is 12.8 Å². The summed E-state index contributed by atoms with van der Waals surface area (Å²) in [7, 11) is 0. The molecule has 3 N–H and O–H groups in total. The number of carboxylic acids is 1. The minimum Gasteiger partial charge on any atom is -0.507 e. The molecule has 8 heteroatoms. The smallest absolute Gasteiger partial charge is 0.322 e. The molecule has 23 heavy (non-hydrogen) atoms. The van der Waals surface area contributed by atoms with Crippen LogP contribution in [-0.2, 0) is 11.2 Å². The molecule has 0 atom stereocenters. The second kappa shape index (κ2) is 7.57. The van der Waals surface area contributed by atoms with Crippen LogP contribution in [0, 0.1) is 0 Å². The molecule has 0 aliphatic carbocycles. The molecule has 2 heterocycles. The van der Waals surface area contributed by atoms with E-state index in [4.69, 9.17) is 5.11 Å². The number of aliphatic carboxylic acids is 1. The summed E-state index contributed by atoms with van der Waals surface area (Å²) in [6.45, 7) is 1.60. The van der Waals surface area contributed by atoms with Crippen molar-refractivity contribution < 1.29 is 19.8 Å². The highest BCUT2D eigenvalue weighted by atomic mass is 16.4. The minimum absolute atomic E-state index is 0.0685. The van der Waals surface area contributed by atoms with Crippen LogP contribution < -0.4 is 5.32 Å². The molecule has 0 aliphatic rings. The van der Waals surface area contributed by atoms with Crippen LogP contribution in [0.2, 0.25) is 0 Å². The molecule has 0 radical (unpaired) electrons. The fourth-order valence-electron chi connectivity index (χ4n) is 2.40. The minimum atomic E-state index is -1.16. The van der Waals surface area contributed by atoms with Gasteiger partial charge in [-0.2, -0.15) is 5.10 Å². The zero-order valence-corrected chi connectivity index (χ0v) is 12.9. The second-order valence-electron chi connectivity index (χ2n) is 5.28. The first-order chi connectivity index (χ1) is 11.0. The van der Waals surface area contributed by atoms with E-state index in [0.717, 1.165) is 31.4 Å². The molecule has 124 valence electrons. The van der Waals surface area contributed by atoms with Crippen LogP contribution in [0.5, 0.6) is 5.75 Å². The van der Waals surface area contributed by atoms with Crippen LogP contribution in [0.1, 0.15) is 48.7 Å². The molecule has 0 spiro atoms. The first kappa shape index (κ1) is 16.7. The first-order valence-corrected chi connectivity index (χ1v) is 7.59. The predicted octanol–water partition coefficient (Wildman–Crippen LogP) is 1.37. The molecule has 0 saturated carbocycles. The van der Waals surface area contributed by atoms with Gasteiger partial charge in [0.05, 0.1) is 0 Å². The third-order valence-corrected chi connectivity index (χ3v) is 3.52. The Morgan fingerprint density at radius 3 is 2.78 bits per heavy atom. The number of carboxylic acid groups (broad SMARTS) is 1. The van der Waals surface area contributed by atoms with E-state index in [9.17, 15) is 14.7 Å². The third kappa shape index (κ3) is 3.97. The monoisotopic (exact) mass is 320 g/mol. The summed E-state index contributed by atoms with van der Waals surface area (Å²) in [4.78, 5) is 26.6. The van der Waals surface area contributed by atoms with Crippen molar-refractivity contribution in [3.8, 4) is 5.75 Å². The summed E-state index contributed by atoms with van der Waals surface area (Å²) in [6, 6.07) is 1.49. The van der Waals surface area contributed by atoms with E-state index < -0.39 is 18.4 Å². The van der Waals surface area contributed by atoms with Crippen molar-refractivity contribution in [1.82, 2.24) is 19.9 Å². The van der Waals surface area contributed by atoms with Gasteiger partial charge < -0.3 is 15.5 Å². The highest BCUT2D eigenvalue weighted by Crippen LogP contribution is 2.24. The first-order valence-electron chi connectivity index (χ1n) is 7.59. The van der Waals surface area contributed by atoms with Gasteiger partial charge in [0.2, 0.25) is 0 Å². The average Bonchev–Trinajstić information content (AvgIpc) is 2.98. The fraction of sp³-hybridized carbons (Fsp3) is 0.467. The van der Waals surface area contributed by atoms with E-state index in [2.05, 4.69) is 22.3 Å². The van der Waals surface area contributed by atoms with E-state index in [1.165, 1.54) is 16.9 Å². The SMILES string of the molecule is CCCCCCc1cc(O)c(C(=O)NCC(=O)O)c2ncnn12. The van der Waals surface area contributed by atoms with Crippen LogP contribution in [-0.4, -0.2) is 43.2 Å². The van der Waals surface area contributed by atoms with E-state index in [1.54, 1.807) is 0 Å². The predicted molar refractivity (Wildman–Crippen MR) is 82.5 cm³/mol. The Kier molecular flexibility index (Phi) is 5.51. The van der Waals surface area contributed by atoms with Crippen molar-refractivity contribution in [1.29, 1.82) is 0 Å². The summed E-state index contributed by atoms with van der Waals surface area (Å²) in [6.07, 6.45) is 6.32. The lowest BCUT2D eigenvalue weighted by atomic mass is 10.1. The Morgan fingerprint density at radius 2 is 2.09 bits per heavy atom. The zero-order chi connectivity index (χ0) is 16.8. The maximum absolute atomic E-state index is 12.1. The molecule has 0 aromatic carbocycles. The molecule has 0 saturated heterocycles. The number of carbonyl (C=O) groups excluding carboxylic acids is 1. The Labute approximate surface area is 133 Å². The Bertz CT molecular complexity index is 711. The molecule has 2 aromatic heterocycles. The summed E-state index contributed by atoms with van der Waals surface area (Å²) in [5.41, 5.74) is 0.917. The van der Waals surface area contributed by atoms with E-state index in [0.29, 0.717) is 6.42 Å². The van der Waals surface area contributed by atoms with Crippen LogP contribution in [0.15, 0.2) is 12.4 Å². The lowest BCUT2D eigenvalue weighted by molar-refractivity contribution is -0.135. The van der Waals surface area contributed by atoms with Crippen LogP contribution in [0.4, 0.5) is 0 Å². The zero-order valence-electron chi connectivity index (χ0n) is 12.9. The molecule has 1 amide bonds. The average molecular weight is 320 g/mol. The maximum atomic E-state index is 12.1. The van der Waals surface area contributed by atoms with Crippen molar-refractivity contribution in [2.75, 3.05) is 6.54 Å². The Hall–Kier alpha value is -2.64. The van der Waals surface area contributed by atoms with Gasteiger partial charge in [0, 0.05) is 11.8 Å². The number of aryl methyl sites for hydroxylation is 1. The molecule has 8 nitrogen and oxygen atoms in total. The molecular formula is C15H20N4O4. The maximum Gasteiger partial charge on any atom is 0.322 e. The van der Waals surface area contributed by atoms with Crippen molar-refractivity contribution >= 4 is 17.5 Å². The van der Waals surface area contributed by atoms with Gasteiger partial charge in [-0.25, -0.2) is 9.50 Å². The number of nitrogens with zero attached hydrogens (tertiary/aromatic N) is 3. The number of aromatic nitrogens is 3. The van der Waals surface area contributed by atoms with Gasteiger partial charge in [0.25, 0.3) is 5.91 Å². The number of nitrogens with one attached hydrogen (secondary N) is 1. The second-order valence-corrected chi connectivity index (χ2v) is 5.28. The number of rotatable bonds is 8. The molecule has 2 rings (SSSR count). The van der Waals surface area contributed by atoms with E-state index in [-0.39, 0.29) is 17.0 Å². The summed E-state index contributed by atoms with van der Waals surface area (Å²) in [5.74, 6) is -2.08. The molecule has 0 fully saturated rings. The summed E-state index contributed by atoms with van der Waals surface area (Å²) >= 11 is 0. The number of pyridine rings is 1. The van der Waals surface area contributed by atoms with Crippen LogP contribution >= 0.6 is 0 Å². The van der Waals surface area contributed by atoms with Crippen molar-refractivity contribution in [3.05, 3.63) is 23.7 Å². The summed E-state index contributed by atoms with van der Waals surface area (Å²) in [5, 5.41) is 25.1. The lowest BCUT2D eigenvalue weighted by Crippen LogP contribution is -2.29. The quantitative estimate of drug-likeness (QED) is 0.632. The normalized spacial score (nSPS) is 10.8. The Balaban J connectivity index is 2.26. The number of hydrogen-bond acceptors (Lipinski definition) is 5. The van der Waals surface area contributed by atoms with Gasteiger partial charge in [-0.3, -0.25) is 9.59 Å². The van der Waals surface area contributed by atoms with Crippen molar-refractivity contribution in [2.24, 2.45) is 0 Å². The fourth-order valence-corrected chi connectivity index (χ4v) is 2.40. The number of fused-ring (bicyclic) bond motifs is 1. The highest BCUT2D eigenvalue weighted by molar-refractivity contribution is 6.03. The number of aromatic hydroxyl groups is 1. The highest BCUT2D eigenvalue weighted by Gasteiger charge is 2.20. The number of hydrogen-bond donors (Lipinski definition) is 3. The van der Waals surface area contributed by atoms with Gasteiger partial charge >= 0.3 is 5.97 Å². The summed E-state index contributed by atoms with van der Waals surface area (Å²) < 4.78 is 1.52. The topological polar surface area (TPSA) is 117 Å². The Morgan fingerprint density at radius 1 is 1.30 bits per heavy atom. The van der Waals surface area contributed by atoms with Crippen LogP contribution in [0.3, 0.4) is 0 Å². The molecule has 0 unspecified atom stereocenters. The lowest BCUT2D eigenvalue weighted by Gasteiger charge is -2.10. The van der Waals surface area contributed by atoms with Gasteiger partial charge in [0.1, 0.15) is 24.2 Å². The van der Waals surface area contributed by atoms with E-state index >= 15 is 0 Å². The van der Waals surface area contributed by atoms with Gasteiger partial charge in [-0.15, -0.1) is 0 Å². The van der Waals surface area contributed by atoms with Crippen molar-refractivity contribution in [3.63, 3.8) is 0 Å². The number of carbonyl (C=O) groups is 2. The molecular weight excluding hydrogens is 300 g/mol. The number of amides is 1.